The minimum Gasteiger partial charge on any atom is -1.00 e. The van der Waals surface area contributed by atoms with E-state index in [1.807, 2.05) is 6.92 Å². The first-order valence-electron chi connectivity index (χ1n) is 2.13. The van der Waals surface area contributed by atoms with E-state index in [2.05, 4.69) is 0 Å². The smallest absolute Gasteiger partial charge is 1.00 e. The molecule has 3 heteroatoms. The molecule has 0 saturated carbocycles. The van der Waals surface area contributed by atoms with E-state index in [0.29, 0.717) is 6.42 Å². The summed E-state index contributed by atoms with van der Waals surface area (Å²) in [6.45, 7) is 1.90. The molecule has 0 rings (SSSR count). The second-order valence-electron chi connectivity index (χ2n) is 1.27. The number of aliphatic hydroxyl groups excluding tert-OH is 1. The summed E-state index contributed by atoms with van der Waals surface area (Å²) in [6, 6.07) is 0. The van der Waals surface area contributed by atoms with Crippen LogP contribution in [0.3, 0.4) is 0 Å². The second-order valence-corrected chi connectivity index (χ2v) is 1.27. The van der Waals surface area contributed by atoms with Crippen LogP contribution in [0.2, 0.25) is 0 Å². The molecule has 0 unspecified atom stereocenters. The van der Waals surface area contributed by atoms with E-state index in [0.717, 1.165) is 6.42 Å². The summed E-state index contributed by atoms with van der Waals surface area (Å²) in [7, 11) is 0. The molecule has 0 bridgehead atoms. The fraction of sp³-hybridized carbons (Fsp3) is 1.00. The SMILES string of the molecule is CCCC(O)O.[H-].[Li+]. The Kier molecular flexibility index (Phi) is 9.77. The van der Waals surface area contributed by atoms with Crippen molar-refractivity contribution in [2.45, 2.75) is 26.1 Å². The van der Waals surface area contributed by atoms with Gasteiger partial charge < -0.3 is 11.6 Å². The first kappa shape index (κ1) is 10.5. The van der Waals surface area contributed by atoms with Crippen LogP contribution in [0.15, 0.2) is 0 Å². The van der Waals surface area contributed by atoms with E-state index >= 15 is 0 Å². The van der Waals surface area contributed by atoms with Gasteiger partial charge in [0, 0.05) is 0 Å². The molecule has 0 aliphatic rings. The normalized spacial score (nSPS) is 8.57. The Morgan fingerprint density at radius 3 is 2.00 bits per heavy atom. The standard InChI is InChI=1S/C4H10O2.Li.H/c1-2-3-4(5)6;;/h4-6H,2-3H2,1H3;;/q;+1;-1. The molecule has 0 saturated heterocycles. The van der Waals surface area contributed by atoms with Gasteiger partial charge in [0.2, 0.25) is 0 Å². The van der Waals surface area contributed by atoms with E-state index in [-0.39, 0.29) is 20.3 Å². The van der Waals surface area contributed by atoms with Gasteiger partial charge in [0.05, 0.1) is 0 Å². The second kappa shape index (κ2) is 6.52. The molecule has 0 amide bonds. The Balaban J connectivity index is -0.000000125. The van der Waals surface area contributed by atoms with Gasteiger partial charge in [-0.15, -0.1) is 0 Å². The van der Waals surface area contributed by atoms with Gasteiger partial charge in [-0.1, -0.05) is 13.3 Å². The van der Waals surface area contributed by atoms with Gasteiger partial charge in [0.1, 0.15) is 0 Å². The van der Waals surface area contributed by atoms with Gasteiger partial charge in [-0.25, -0.2) is 0 Å². The van der Waals surface area contributed by atoms with E-state index in [4.69, 9.17) is 10.2 Å². The summed E-state index contributed by atoms with van der Waals surface area (Å²) in [4.78, 5) is 0. The zero-order chi connectivity index (χ0) is 4.99. The molecule has 0 aliphatic heterocycles. The van der Waals surface area contributed by atoms with E-state index < -0.39 is 6.29 Å². The van der Waals surface area contributed by atoms with E-state index in [1.165, 1.54) is 0 Å². The zero-order valence-electron chi connectivity index (χ0n) is 5.89. The monoisotopic (exact) mass is 98.1 g/mol. The Morgan fingerprint density at radius 1 is 1.57 bits per heavy atom. The van der Waals surface area contributed by atoms with Crippen molar-refractivity contribution in [1.82, 2.24) is 0 Å². The van der Waals surface area contributed by atoms with Gasteiger partial charge in [0.25, 0.3) is 0 Å². The Hall–Kier alpha value is 0.517. The van der Waals surface area contributed by atoms with Crippen LogP contribution in [0, 0.1) is 0 Å². The number of rotatable bonds is 2. The Labute approximate surface area is 57.2 Å². The average Bonchev–Trinajstić information content (AvgIpc) is 1.35. The molecular weight excluding hydrogens is 87.0 g/mol. The van der Waals surface area contributed by atoms with Crippen molar-refractivity contribution in [2.75, 3.05) is 0 Å². The summed E-state index contributed by atoms with van der Waals surface area (Å²) < 4.78 is 0. The fourth-order valence-corrected chi connectivity index (χ4v) is 0.258. The minimum atomic E-state index is -1.10. The van der Waals surface area contributed by atoms with Crippen LogP contribution in [-0.4, -0.2) is 16.5 Å². The summed E-state index contributed by atoms with van der Waals surface area (Å²) in [6.07, 6.45) is 0.215. The van der Waals surface area contributed by atoms with Crippen LogP contribution in [0.5, 0.6) is 0 Å². The Bertz CT molecular complexity index is 35.2. The molecule has 2 N–H and O–H groups in total. The summed E-state index contributed by atoms with van der Waals surface area (Å²) >= 11 is 0. The first-order chi connectivity index (χ1) is 2.77. The van der Waals surface area contributed by atoms with Crippen molar-refractivity contribution in [1.29, 1.82) is 0 Å². The predicted octanol–water partition coefficient (Wildman–Crippen LogP) is -2.79. The molecule has 0 spiro atoms. The quantitative estimate of drug-likeness (QED) is 0.289. The first-order valence-corrected chi connectivity index (χ1v) is 2.13. The van der Waals surface area contributed by atoms with Crippen molar-refractivity contribution in [3.63, 3.8) is 0 Å². The molecule has 0 radical (unpaired) electrons. The van der Waals surface area contributed by atoms with Crippen molar-refractivity contribution in [3.8, 4) is 0 Å². The minimum absolute atomic E-state index is 0. The van der Waals surface area contributed by atoms with Crippen molar-refractivity contribution < 1.29 is 30.5 Å². The molecule has 0 fully saturated rings. The topological polar surface area (TPSA) is 40.5 Å². The van der Waals surface area contributed by atoms with E-state index in [1.54, 1.807) is 0 Å². The Morgan fingerprint density at radius 2 is 2.00 bits per heavy atom. The fourth-order valence-electron chi connectivity index (χ4n) is 0.258. The molecule has 2 nitrogen and oxygen atoms in total. The molecular formula is C4H11LiO2. The van der Waals surface area contributed by atoms with Crippen molar-refractivity contribution in [3.05, 3.63) is 0 Å². The van der Waals surface area contributed by atoms with Crippen LogP contribution in [0.25, 0.3) is 0 Å². The van der Waals surface area contributed by atoms with Crippen molar-refractivity contribution in [2.24, 2.45) is 0 Å². The number of aliphatic hydroxyl groups is 2. The zero-order valence-corrected chi connectivity index (χ0v) is 4.89. The van der Waals surface area contributed by atoms with Crippen LogP contribution < -0.4 is 18.9 Å². The molecule has 0 heterocycles. The van der Waals surface area contributed by atoms with Crippen LogP contribution >= 0.6 is 0 Å². The molecule has 0 aromatic rings. The van der Waals surface area contributed by atoms with Gasteiger partial charge in [-0.2, -0.15) is 0 Å². The maximum Gasteiger partial charge on any atom is 1.00 e. The van der Waals surface area contributed by atoms with Gasteiger partial charge in [-0.3, -0.25) is 0 Å². The molecule has 0 aliphatic carbocycles. The third kappa shape index (κ3) is 10.7. The maximum absolute atomic E-state index is 8.11. The summed E-state index contributed by atoms with van der Waals surface area (Å²) in [5.41, 5.74) is 0. The largest absolute Gasteiger partial charge is 1.00 e. The molecule has 0 atom stereocenters. The van der Waals surface area contributed by atoms with Gasteiger partial charge >= 0.3 is 18.9 Å². The molecule has 40 valence electrons. The summed E-state index contributed by atoms with van der Waals surface area (Å²) in [5, 5.41) is 16.2. The molecule has 0 aromatic carbocycles. The van der Waals surface area contributed by atoms with Crippen LogP contribution in [0.4, 0.5) is 0 Å². The molecule has 7 heavy (non-hydrogen) atoms. The van der Waals surface area contributed by atoms with Crippen molar-refractivity contribution >= 4 is 0 Å². The van der Waals surface area contributed by atoms with Gasteiger partial charge in [0.15, 0.2) is 6.29 Å². The number of hydrogen-bond acceptors (Lipinski definition) is 2. The van der Waals surface area contributed by atoms with Crippen LogP contribution in [-0.2, 0) is 0 Å². The average molecular weight is 98.1 g/mol. The number of hydrogen-bond donors (Lipinski definition) is 2. The van der Waals surface area contributed by atoms with Gasteiger partial charge in [-0.05, 0) is 6.42 Å². The third-order valence-electron chi connectivity index (χ3n) is 0.547. The summed E-state index contributed by atoms with van der Waals surface area (Å²) in [5.74, 6) is 0. The third-order valence-corrected chi connectivity index (χ3v) is 0.547. The molecule has 0 aromatic heterocycles. The van der Waals surface area contributed by atoms with Crippen LogP contribution in [0.1, 0.15) is 21.2 Å². The van der Waals surface area contributed by atoms with E-state index in [9.17, 15) is 0 Å². The predicted molar refractivity (Wildman–Crippen MR) is 24.2 cm³/mol. The maximum atomic E-state index is 8.11.